The molecule has 0 aromatic carbocycles. The first kappa shape index (κ1) is 20.7. The highest BCUT2D eigenvalue weighted by molar-refractivity contribution is 7.96. The van der Waals surface area contributed by atoms with E-state index < -0.39 is 16.1 Å². The standard InChI is InChI=1S/C20H21ClN4O4S2/c1-13-4-9-24-18(11-22-30-24)19(13)31(27,28)23-7-5-16(6-8-23)25-17-3-2-15(21)10-14(17)12-29-20(25)26/h2-4,9-12,16-17,22H,5-8H2,1H3. The number of cyclic esters (lactones) is 1. The van der Waals surface area contributed by atoms with Crippen LogP contribution in [0.4, 0.5) is 4.79 Å². The lowest BCUT2D eigenvalue weighted by molar-refractivity contribution is 0.0809. The van der Waals surface area contributed by atoms with Crippen molar-refractivity contribution in [1.82, 2.24) is 18.2 Å². The number of fused-ring (bicyclic) bond motifs is 2. The molecule has 164 valence electrons. The summed E-state index contributed by atoms with van der Waals surface area (Å²) in [6.07, 6.45) is 12.9. The summed E-state index contributed by atoms with van der Waals surface area (Å²) in [5, 5.41) is 0.578. The average Bonchev–Trinajstić information content (AvgIpc) is 3.22. The number of amides is 1. The summed E-state index contributed by atoms with van der Waals surface area (Å²) >= 11 is 7.41. The fourth-order valence-electron chi connectivity index (χ4n) is 4.42. The third-order valence-corrected chi connectivity index (χ3v) is 9.01. The summed E-state index contributed by atoms with van der Waals surface area (Å²) in [6.45, 7) is 2.47. The molecule has 1 amide bonds. The maximum absolute atomic E-state index is 13.5. The molecular formula is C20H21ClN4O4S2. The van der Waals surface area contributed by atoms with Crippen LogP contribution in [-0.4, -0.2) is 53.2 Å². The molecule has 11 heteroatoms. The van der Waals surface area contributed by atoms with Gasteiger partial charge in [-0.3, -0.25) is 9.21 Å². The van der Waals surface area contributed by atoms with Gasteiger partial charge in [-0.1, -0.05) is 17.7 Å². The van der Waals surface area contributed by atoms with Crippen molar-refractivity contribution >= 4 is 39.9 Å². The molecule has 1 saturated heterocycles. The Hall–Kier alpha value is -2.14. The van der Waals surface area contributed by atoms with E-state index in [1.54, 1.807) is 27.6 Å². The predicted molar refractivity (Wildman–Crippen MR) is 119 cm³/mol. The van der Waals surface area contributed by atoms with Gasteiger partial charge in [-0.2, -0.15) is 4.31 Å². The second-order valence-electron chi connectivity index (χ2n) is 7.77. The largest absolute Gasteiger partial charge is 0.418 e. The molecule has 1 fully saturated rings. The Bertz CT molecular complexity index is 1110. The number of hydrogen-bond donors (Lipinski definition) is 1. The molecule has 0 radical (unpaired) electrons. The average molecular weight is 481 g/mol. The number of piperidine rings is 1. The van der Waals surface area contributed by atoms with Gasteiger partial charge in [0.15, 0.2) is 0 Å². The van der Waals surface area contributed by atoms with Crippen molar-refractivity contribution in [3.63, 3.8) is 0 Å². The summed E-state index contributed by atoms with van der Waals surface area (Å²) in [7, 11) is -3.68. The molecule has 8 nitrogen and oxygen atoms in total. The molecule has 4 aliphatic heterocycles. The molecule has 1 atom stereocenters. The van der Waals surface area contributed by atoms with Gasteiger partial charge in [-0.25, -0.2) is 13.2 Å². The fourth-order valence-corrected chi connectivity index (χ4v) is 7.17. The first-order valence-electron chi connectivity index (χ1n) is 9.92. The number of rotatable bonds is 3. The van der Waals surface area contributed by atoms with E-state index in [9.17, 15) is 13.2 Å². The van der Waals surface area contributed by atoms with E-state index in [1.165, 1.54) is 22.7 Å². The summed E-state index contributed by atoms with van der Waals surface area (Å²) in [5.74, 6) is 0. The zero-order chi connectivity index (χ0) is 21.8. The smallest absolute Gasteiger partial charge is 0.415 e. The normalized spacial score (nSPS) is 26.7. The van der Waals surface area contributed by atoms with Crippen LogP contribution in [-0.2, 0) is 14.8 Å². The highest BCUT2D eigenvalue weighted by atomic mass is 35.5. The number of nitrogens with one attached hydrogen (secondary N) is 1. The Morgan fingerprint density at radius 3 is 2.81 bits per heavy atom. The molecular weight excluding hydrogens is 460 g/mol. The summed E-state index contributed by atoms with van der Waals surface area (Å²) < 4.78 is 38.5. The zero-order valence-electron chi connectivity index (χ0n) is 16.7. The van der Waals surface area contributed by atoms with Crippen LogP contribution in [0.3, 0.4) is 0 Å². The van der Waals surface area contributed by atoms with Crippen LogP contribution in [0.1, 0.15) is 19.8 Å². The number of carbonyl (C=O) groups excluding carboxylic acids is 1. The SMILES string of the molecule is CC1=C(S(=O)(=O)N2CCC(N3C(=O)OC=C4C=C(Cl)C=CC43)CC2)C2=CNSN2C=C1. The van der Waals surface area contributed by atoms with Crippen molar-refractivity contribution in [2.24, 2.45) is 0 Å². The van der Waals surface area contributed by atoms with E-state index in [0.29, 0.717) is 47.1 Å². The van der Waals surface area contributed by atoms with E-state index in [-0.39, 0.29) is 12.1 Å². The molecule has 0 saturated carbocycles. The number of halogens is 1. The second kappa shape index (κ2) is 7.77. The van der Waals surface area contributed by atoms with Gasteiger partial charge in [-0.05, 0) is 43.6 Å². The molecule has 31 heavy (non-hydrogen) atoms. The van der Waals surface area contributed by atoms with Gasteiger partial charge in [0, 0.05) is 42.1 Å². The van der Waals surface area contributed by atoms with Crippen LogP contribution >= 0.6 is 23.7 Å². The number of ether oxygens (including phenoxy) is 1. The molecule has 0 spiro atoms. The van der Waals surface area contributed by atoms with Gasteiger partial charge in [-0.15, -0.1) is 0 Å². The topological polar surface area (TPSA) is 82.2 Å². The van der Waals surface area contributed by atoms with Crippen LogP contribution in [0, 0.1) is 0 Å². The third-order valence-electron chi connectivity index (χ3n) is 5.94. The van der Waals surface area contributed by atoms with E-state index >= 15 is 0 Å². The van der Waals surface area contributed by atoms with Crippen LogP contribution in [0.15, 0.2) is 69.7 Å². The molecule has 4 heterocycles. The van der Waals surface area contributed by atoms with E-state index in [2.05, 4.69) is 4.72 Å². The zero-order valence-corrected chi connectivity index (χ0v) is 19.1. The van der Waals surface area contributed by atoms with Crippen molar-refractivity contribution < 1.29 is 17.9 Å². The van der Waals surface area contributed by atoms with Gasteiger partial charge < -0.3 is 9.46 Å². The number of hydrogen-bond acceptors (Lipinski definition) is 7. The molecule has 5 aliphatic rings. The highest BCUT2D eigenvalue weighted by Crippen LogP contribution is 2.39. The summed E-state index contributed by atoms with van der Waals surface area (Å²) in [4.78, 5) is 14.5. The molecule has 0 aromatic rings. The fraction of sp³-hybridized carbons (Fsp3) is 0.350. The minimum atomic E-state index is -3.68. The second-order valence-corrected chi connectivity index (χ2v) is 10.9. The molecule has 1 N–H and O–H groups in total. The van der Waals surface area contributed by atoms with E-state index in [4.69, 9.17) is 16.3 Å². The Morgan fingerprint density at radius 1 is 1.26 bits per heavy atom. The van der Waals surface area contributed by atoms with Gasteiger partial charge in [0.1, 0.15) is 11.2 Å². The quantitative estimate of drug-likeness (QED) is 0.620. The minimum absolute atomic E-state index is 0.122. The van der Waals surface area contributed by atoms with Crippen molar-refractivity contribution in [3.05, 3.63) is 69.7 Å². The Morgan fingerprint density at radius 2 is 2.03 bits per heavy atom. The first-order valence-corrected chi connectivity index (χ1v) is 12.5. The van der Waals surface area contributed by atoms with E-state index in [0.717, 1.165) is 5.57 Å². The lowest BCUT2D eigenvalue weighted by Crippen LogP contribution is -2.54. The third kappa shape index (κ3) is 3.51. The van der Waals surface area contributed by atoms with E-state index in [1.807, 2.05) is 25.3 Å². The molecule has 0 bridgehead atoms. The van der Waals surface area contributed by atoms with Crippen LogP contribution in [0.25, 0.3) is 0 Å². The number of sulfonamides is 1. The Labute approximate surface area is 190 Å². The lowest BCUT2D eigenvalue weighted by atomic mass is 9.96. The lowest BCUT2D eigenvalue weighted by Gasteiger charge is -2.43. The molecule has 0 aromatic heterocycles. The van der Waals surface area contributed by atoms with Crippen LogP contribution in [0.2, 0.25) is 0 Å². The number of allylic oxidation sites excluding steroid dienone is 4. The van der Waals surface area contributed by atoms with Crippen molar-refractivity contribution in [2.45, 2.75) is 31.8 Å². The molecule has 5 rings (SSSR count). The number of carbonyl (C=O) groups is 1. The summed E-state index contributed by atoms with van der Waals surface area (Å²) in [5.41, 5.74) is 2.16. The van der Waals surface area contributed by atoms with Crippen molar-refractivity contribution in [2.75, 3.05) is 13.1 Å². The minimum Gasteiger partial charge on any atom is -0.418 e. The van der Waals surface area contributed by atoms with Crippen LogP contribution < -0.4 is 4.72 Å². The first-order chi connectivity index (χ1) is 14.9. The summed E-state index contributed by atoms with van der Waals surface area (Å²) in [6, 6.07) is -0.367. The van der Waals surface area contributed by atoms with Gasteiger partial charge in [0.2, 0.25) is 10.0 Å². The Kier molecular flexibility index (Phi) is 5.20. The maximum Gasteiger partial charge on any atom is 0.415 e. The van der Waals surface area contributed by atoms with Crippen LogP contribution in [0.5, 0.6) is 0 Å². The number of nitrogens with zero attached hydrogens (tertiary/aromatic N) is 3. The van der Waals surface area contributed by atoms with Gasteiger partial charge >= 0.3 is 6.09 Å². The monoisotopic (exact) mass is 480 g/mol. The van der Waals surface area contributed by atoms with Gasteiger partial charge in [0.25, 0.3) is 0 Å². The van der Waals surface area contributed by atoms with Gasteiger partial charge in [0.05, 0.1) is 23.9 Å². The van der Waals surface area contributed by atoms with Crippen molar-refractivity contribution in [1.29, 1.82) is 0 Å². The highest BCUT2D eigenvalue weighted by Gasteiger charge is 2.42. The van der Waals surface area contributed by atoms with Crippen molar-refractivity contribution in [3.8, 4) is 0 Å². The maximum atomic E-state index is 13.5. The molecule has 1 unspecified atom stereocenters. The Balaban J connectivity index is 1.34. The predicted octanol–water partition coefficient (Wildman–Crippen LogP) is 3.29. The molecule has 1 aliphatic carbocycles.